The molecule has 1 saturated carbocycles. The van der Waals surface area contributed by atoms with Crippen LogP contribution in [0.25, 0.3) is 0 Å². The van der Waals surface area contributed by atoms with Gasteiger partial charge in [0.2, 0.25) is 5.91 Å². The Morgan fingerprint density at radius 3 is 2.45 bits per heavy atom. The zero-order valence-electron chi connectivity index (χ0n) is 13.7. The summed E-state index contributed by atoms with van der Waals surface area (Å²) in [4.78, 5) is 14.1. The number of amides is 1. The van der Waals surface area contributed by atoms with Crippen molar-refractivity contribution in [3.8, 4) is 6.07 Å². The van der Waals surface area contributed by atoms with E-state index in [-0.39, 0.29) is 5.91 Å². The lowest BCUT2D eigenvalue weighted by atomic mass is 9.98. The fourth-order valence-electron chi connectivity index (χ4n) is 2.70. The van der Waals surface area contributed by atoms with Crippen molar-refractivity contribution in [3.63, 3.8) is 0 Å². The lowest BCUT2D eigenvalue weighted by Crippen LogP contribution is -2.49. The van der Waals surface area contributed by atoms with Gasteiger partial charge < -0.3 is 5.32 Å². The van der Waals surface area contributed by atoms with Crippen LogP contribution in [0.3, 0.4) is 0 Å². The minimum Gasteiger partial charge on any atom is -0.337 e. The number of aryl methyl sites for hydroxylation is 1. The van der Waals surface area contributed by atoms with Gasteiger partial charge in [-0.05, 0) is 50.3 Å². The summed E-state index contributed by atoms with van der Waals surface area (Å²) in [5.74, 6) is 0.233. The van der Waals surface area contributed by atoms with E-state index >= 15 is 0 Å². The highest BCUT2D eigenvalue weighted by molar-refractivity contribution is 5.79. The topological polar surface area (TPSA) is 56.1 Å². The number of carbonyl (C=O) groups excluding carboxylic acids is 1. The minimum absolute atomic E-state index is 0.0800. The molecule has 1 atom stereocenters. The molecule has 1 aliphatic rings. The van der Waals surface area contributed by atoms with Crippen molar-refractivity contribution >= 4 is 5.91 Å². The monoisotopic (exact) mass is 299 g/mol. The Morgan fingerprint density at radius 2 is 1.95 bits per heavy atom. The fourth-order valence-corrected chi connectivity index (χ4v) is 2.70. The van der Waals surface area contributed by atoms with Crippen molar-refractivity contribution in [3.05, 3.63) is 35.4 Å². The molecular formula is C18H25N3O. The number of benzene rings is 1. The van der Waals surface area contributed by atoms with Crippen LogP contribution in [0.2, 0.25) is 0 Å². The van der Waals surface area contributed by atoms with Gasteiger partial charge in [0.25, 0.3) is 0 Å². The molecule has 0 aliphatic heterocycles. The number of likely N-dealkylation sites (N-methyl/N-ethyl adjacent to an activating group) is 1. The minimum atomic E-state index is -0.708. The van der Waals surface area contributed by atoms with Crippen LogP contribution >= 0.6 is 0 Å². The maximum absolute atomic E-state index is 12.1. The summed E-state index contributed by atoms with van der Waals surface area (Å²) in [6.07, 6.45) is 3.10. The zero-order valence-corrected chi connectivity index (χ0v) is 13.7. The lowest BCUT2D eigenvalue weighted by Gasteiger charge is -2.25. The molecule has 1 aromatic rings. The maximum atomic E-state index is 12.1. The summed E-state index contributed by atoms with van der Waals surface area (Å²) < 4.78 is 0. The highest BCUT2D eigenvalue weighted by Crippen LogP contribution is 2.39. The van der Waals surface area contributed by atoms with Crippen molar-refractivity contribution < 1.29 is 4.79 Å². The molecule has 0 unspecified atom stereocenters. The first-order chi connectivity index (χ1) is 10.5. The molecule has 1 aliphatic carbocycles. The molecule has 0 aromatic heterocycles. The van der Waals surface area contributed by atoms with Gasteiger partial charge in [-0.3, -0.25) is 9.69 Å². The van der Waals surface area contributed by atoms with E-state index in [1.54, 1.807) is 0 Å². The van der Waals surface area contributed by atoms with Gasteiger partial charge >= 0.3 is 0 Å². The first kappa shape index (κ1) is 16.5. The Hall–Kier alpha value is -1.86. The number of rotatable bonds is 7. The van der Waals surface area contributed by atoms with Gasteiger partial charge in [-0.2, -0.15) is 5.26 Å². The third-order valence-electron chi connectivity index (χ3n) is 4.32. The Kier molecular flexibility index (Phi) is 5.20. The molecule has 0 heterocycles. The van der Waals surface area contributed by atoms with E-state index in [0.29, 0.717) is 12.5 Å². The molecule has 118 valence electrons. The summed E-state index contributed by atoms with van der Waals surface area (Å²) in [7, 11) is 1.92. The molecular weight excluding hydrogens is 274 g/mol. The Labute approximate surface area is 133 Å². The quantitative estimate of drug-likeness (QED) is 0.841. The van der Waals surface area contributed by atoms with Crippen LogP contribution in [0.4, 0.5) is 0 Å². The molecule has 0 radical (unpaired) electrons. The number of hydrogen-bond acceptors (Lipinski definition) is 3. The number of nitriles is 1. The summed E-state index contributed by atoms with van der Waals surface area (Å²) >= 11 is 0. The van der Waals surface area contributed by atoms with E-state index in [0.717, 1.165) is 25.8 Å². The normalized spacial score (nSPS) is 16.9. The molecule has 4 heteroatoms. The average molecular weight is 299 g/mol. The SMILES string of the molecule is CCc1ccc(CN(C)CC(=O)N[C@](C)(C#N)C2CC2)cc1. The van der Waals surface area contributed by atoms with E-state index < -0.39 is 5.54 Å². The molecule has 1 aromatic carbocycles. The molecule has 2 rings (SSSR count). The number of nitrogens with one attached hydrogen (secondary N) is 1. The largest absolute Gasteiger partial charge is 0.337 e. The second kappa shape index (κ2) is 6.93. The number of nitrogens with zero attached hydrogens (tertiary/aromatic N) is 2. The van der Waals surface area contributed by atoms with E-state index in [9.17, 15) is 10.1 Å². The van der Waals surface area contributed by atoms with Crippen molar-refractivity contribution in [2.75, 3.05) is 13.6 Å². The zero-order chi connectivity index (χ0) is 16.2. The molecule has 1 fully saturated rings. The summed E-state index contributed by atoms with van der Waals surface area (Å²) in [6.45, 7) is 4.99. The van der Waals surface area contributed by atoms with Gasteiger partial charge in [0.05, 0.1) is 12.6 Å². The summed E-state index contributed by atoms with van der Waals surface area (Å²) in [6, 6.07) is 10.7. The van der Waals surface area contributed by atoms with Gasteiger partial charge in [-0.15, -0.1) is 0 Å². The first-order valence-corrected chi connectivity index (χ1v) is 7.95. The average Bonchev–Trinajstić information content (AvgIpc) is 3.32. The number of hydrogen-bond donors (Lipinski definition) is 1. The van der Waals surface area contributed by atoms with Crippen LogP contribution in [-0.4, -0.2) is 29.9 Å². The van der Waals surface area contributed by atoms with Crippen molar-refractivity contribution in [2.45, 2.75) is 45.2 Å². The summed E-state index contributed by atoms with van der Waals surface area (Å²) in [5, 5.41) is 12.2. The van der Waals surface area contributed by atoms with E-state index in [2.05, 4.69) is 42.6 Å². The van der Waals surface area contributed by atoms with E-state index in [1.165, 1.54) is 11.1 Å². The van der Waals surface area contributed by atoms with Crippen molar-refractivity contribution in [1.29, 1.82) is 5.26 Å². The van der Waals surface area contributed by atoms with E-state index in [1.807, 2.05) is 18.9 Å². The van der Waals surface area contributed by atoms with Gasteiger partial charge in [0.1, 0.15) is 5.54 Å². The molecule has 1 amide bonds. The summed E-state index contributed by atoms with van der Waals surface area (Å²) in [5.41, 5.74) is 1.80. The number of carbonyl (C=O) groups is 1. The van der Waals surface area contributed by atoms with Crippen LogP contribution in [0.15, 0.2) is 24.3 Å². The second-order valence-corrected chi connectivity index (χ2v) is 6.48. The highest BCUT2D eigenvalue weighted by Gasteiger charge is 2.42. The first-order valence-electron chi connectivity index (χ1n) is 7.95. The Bertz CT molecular complexity index is 557. The van der Waals surface area contributed by atoms with Crippen molar-refractivity contribution in [1.82, 2.24) is 10.2 Å². The molecule has 0 saturated heterocycles. The third-order valence-corrected chi connectivity index (χ3v) is 4.32. The molecule has 22 heavy (non-hydrogen) atoms. The van der Waals surface area contributed by atoms with Gasteiger partial charge in [0, 0.05) is 6.54 Å². The standard InChI is InChI=1S/C18H25N3O/c1-4-14-5-7-15(8-6-14)11-21(3)12-17(22)20-18(2,13-19)16-9-10-16/h5-8,16H,4,9-12H2,1-3H3,(H,20,22)/t18-/m1/s1. The van der Waals surface area contributed by atoms with Gasteiger partial charge in [-0.1, -0.05) is 31.2 Å². The second-order valence-electron chi connectivity index (χ2n) is 6.48. The van der Waals surface area contributed by atoms with E-state index in [4.69, 9.17) is 0 Å². The predicted octanol–water partition coefficient (Wildman–Crippen LogP) is 2.49. The smallest absolute Gasteiger partial charge is 0.235 e. The Morgan fingerprint density at radius 1 is 1.36 bits per heavy atom. The fraction of sp³-hybridized carbons (Fsp3) is 0.556. The lowest BCUT2D eigenvalue weighted by molar-refractivity contribution is -0.123. The van der Waals surface area contributed by atoms with Crippen LogP contribution < -0.4 is 5.32 Å². The predicted molar refractivity (Wildman–Crippen MR) is 87.0 cm³/mol. The van der Waals surface area contributed by atoms with Crippen LogP contribution in [-0.2, 0) is 17.8 Å². The molecule has 0 bridgehead atoms. The van der Waals surface area contributed by atoms with Crippen LogP contribution in [0, 0.1) is 17.2 Å². The highest BCUT2D eigenvalue weighted by atomic mass is 16.2. The van der Waals surface area contributed by atoms with Crippen LogP contribution in [0.5, 0.6) is 0 Å². The third kappa shape index (κ3) is 4.32. The van der Waals surface area contributed by atoms with Gasteiger partial charge in [-0.25, -0.2) is 0 Å². The Balaban J connectivity index is 1.84. The van der Waals surface area contributed by atoms with Gasteiger partial charge in [0.15, 0.2) is 0 Å². The molecule has 0 spiro atoms. The molecule has 1 N–H and O–H groups in total. The molecule has 4 nitrogen and oxygen atoms in total. The van der Waals surface area contributed by atoms with Crippen molar-refractivity contribution in [2.24, 2.45) is 5.92 Å². The van der Waals surface area contributed by atoms with Crippen LogP contribution in [0.1, 0.15) is 37.8 Å². The maximum Gasteiger partial charge on any atom is 0.235 e.